The predicted molar refractivity (Wildman–Crippen MR) is 87.0 cm³/mol. The summed E-state index contributed by atoms with van der Waals surface area (Å²) in [7, 11) is 1.94. The van der Waals surface area contributed by atoms with Gasteiger partial charge in [0.1, 0.15) is 5.82 Å². The Balaban J connectivity index is 1.49. The summed E-state index contributed by atoms with van der Waals surface area (Å²) in [6, 6.07) is 5.91. The minimum Gasteiger partial charge on any atom is -0.353 e. The number of carbonyl (C=O) groups excluding carboxylic acids is 1. The summed E-state index contributed by atoms with van der Waals surface area (Å²) in [5.74, 6) is 1.60. The Kier molecular flexibility index (Phi) is 4.62. The van der Waals surface area contributed by atoms with Crippen LogP contribution in [0.25, 0.3) is 0 Å². The van der Waals surface area contributed by atoms with Crippen molar-refractivity contribution < 1.29 is 4.79 Å². The van der Waals surface area contributed by atoms with Crippen molar-refractivity contribution >= 4 is 23.5 Å². The van der Waals surface area contributed by atoms with E-state index in [1.54, 1.807) is 12.4 Å². The highest BCUT2D eigenvalue weighted by atomic mass is 32.2. The summed E-state index contributed by atoms with van der Waals surface area (Å²) in [6.07, 6.45) is 5.44. The molecule has 22 heavy (non-hydrogen) atoms. The average Bonchev–Trinajstić information content (AvgIpc) is 2.99. The lowest BCUT2D eigenvalue weighted by atomic mass is 10.3. The highest BCUT2D eigenvalue weighted by Gasteiger charge is 2.22. The van der Waals surface area contributed by atoms with E-state index in [1.165, 1.54) is 11.8 Å². The lowest BCUT2D eigenvalue weighted by molar-refractivity contribution is -0.128. The molecule has 116 valence electrons. The van der Waals surface area contributed by atoms with Crippen LogP contribution in [0.4, 0.5) is 5.82 Å². The van der Waals surface area contributed by atoms with Crippen LogP contribution in [0.2, 0.25) is 0 Å². The van der Waals surface area contributed by atoms with Crippen molar-refractivity contribution in [2.75, 3.05) is 36.8 Å². The van der Waals surface area contributed by atoms with Gasteiger partial charge in [-0.2, -0.15) is 0 Å². The van der Waals surface area contributed by atoms with E-state index in [2.05, 4.69) is 14.9 Å². The molecule has 0 saturated carbocycles. The number of amides is 1. The monoisotopic (exact) mass is 317 g/mol. The Morgan fingerprint density at radius 1 is 1.18 bits per heavy atom. The van der Waals surface area contributed by atoms with Crippen molar-refractivity contribution in [2.24, 2.45) is 7.05 Å². The minimum atomic E-state index is 0.175. The van der Waals surface area contributed by atoms with Gasteiger partial charge in [-0.05, 0) is 12.1 Å². The van der Waals surface area contributed by atoms with Crippen LogP contribution in [0.5, 0.6) is 0 Å². The van der Waals surface area contributed by atoms with Crippen LogP contribution in [0, 0.1) is 0 Å². The van der Waals surface area contributed by atoms with Crippen LogP contribution in [0.1, 0.15) is 0 Å². The third kappa shape index (κ3) is 3.41. The molecule has 7 heteroatoms. The molecule has 0 atom stereocenters. The van der Waals surface area contributed by atoms with E-state index in [0.717, 1.165) is 37.2 Å². The van der Waals surface area contributed by atoms with Crippen LogP contribution in [-0.4, -0.2) is 57.3 Å². The number of hydrogen-bond acceptors (Lipinski definition) is 5. The summed E-state index contributed by atoms with van der Waals surface area (Å²) in [5.41, 5.74) is 0. The standard InChI is InChI=1S/C15H19N5OS/c1-18-7-6-17-15(18)22-12-14(21)20-10-8-19(9-11-20)13-4-2-3-5-16-13/h2-7H,8-12H2,1H3. The molecular formula is C15H19N5OS. The van der Waals surface area contributed by atoms with Crippen LogP contribution in [-0.2, 0) is 11.8 Å². The summed E-state index contributed by atoms with van der Waals surface area (Å²) >= 11 is 1.49. The van der Waals surface area contributed by atoms with Gasteiger partial charge in [0.15, 0.2) is 5.16 Å². The Labute approximate surface area is 134 Å². The molecule has 1 aliphatic rings. The van der Waals surface area contributed by atoms with Crippen LogP contribution >= 0.6 is 11.8 Å². The molecule has 0 aromatic carbocycles. The Hall–Kier alpha value is -2.02. The maximum atomic E-state index is 12.3. The third-order valence-electron chi connectivity index (χ3n) is 3.71. The quantitative estimate of drug-likeness (QED) is 0.795. The maximum Gasteiger partial charge on any atom is 0.233 e. The molecule has 0 unspecified atom stereocenters. The molecule has 2 aromatic heterocycles. The Bertz CT molecular complexity index is 622. The third-order valence-corrected chi connectivity index (χ3v) is 4.75. The largest absolute Gasteiger partial charge is 0.353 e. The molecule has 0 radical (unpaired) electrons. The van der Waals surface area contributed by atoms with E-state index in [9.17, 15) is 4.79 Å². The van der Waals surface area contributed by atoms with Crippen LogP contribution in [0.15, 0.2) is 41.9 Å². The van der Waals surface area contributed by atoms with Gasteiger partial charge in [-0.3, -0.25) is 4.79 Å². The zero-order valence-corrected chi connectivity index (χ0v) is 13.4. The first-order chi connectivity index (χ1) is 10.7. The van der Waals surface area contributed by atoms with Crippen molar-refractivity contribution in [1.29, 1.82) is 0 Å². The molecule has 1 amide bonds. The molecule has 0 aliphatic carbocycles. The number of aryl methyl sites for hydroxylation is 1. The second kappa shape index (κ2) is 6.83. The fourth-order valence-corrected chi connectivity index (χ4v) is 3.27. The maximum absolute atomic E-state index is 12.3. The van der Waals surface area contributed by atoms with Crippen molar-refractivity contribution in [2.45, 2.75) is 5.16 Å². The first kappa shape index (κ1) is 14.9. The van der Waals surface area contributed by atoms with Gasteiger partial charge in [0.25, 0.3) is 0 Å². The van der Waals surface area contributed by atoms with E-state index < -0.39 is 0 Å². The summed E-state index contributed by atoms with van der Waals surface area (Å²) in [5, 5.41) is 0.875. The zero-order chi connectivity index (χ0) is 15.4. The lowest BCUT2D eigenvalue weighted by Gasteiger charge is -2.35. The average molecular weight is 317 g/mol. The molecule has 1 saturated heterocycles. The molecule has 3 heterocycles. The number of nitrogens with zero attached hydrogens (tertiary/aromatic N) is 5. The van der Waals surface area contributed by atoms with Crippen molar-refractivity contribution in [3.63, 3.8) is 0 Å². The summed E-state index contributed by atoms with van der Waals surface area (Å²) in [6.45, 7) is 3.15. The number of aromatic nitrogens is 3. The van der Waals surface area contributed by atoms with Crippen molar-refractivity contribution in [3.8, 4) is 0 Å². The minimum absolute atomic E-state index is 0.175. The SMILES string of the molecule is Cn1ccnc1SCC(=O)N1CCN(c2ccccn2)CC1. The molecule has 0 N–H and O–H groups in total. The number of imidazole rings is 1. The number of thioether (sulfide) groups is 1. The smallest absolute Gasteiger partial charge is 0.233 e. The van der Waals surface area contributed by atoms with Crippen molar-refractivity contribution in [1.82, 2.24) is 19.4 Å². The number of pyridine rings is 1. The number of anilines is 1. The molecule has 1 aliphatic heterocycles. The number of piperazine rings is 1. The lowest BCUT2D eigenvalue weighted by Crippen LogP contribution is -2.49. The summed E-state index contributed by atoms with van der Waals surface area (Å²) < 4.78 is 1.93. The molecule has 2 aromatic rings. The van der Waals surface area contributed by atoms with E-state index >= 15 is 0 Å². The topological polar surface area (TPSA) is 54.3 Å². The van der Waals surface area contributed by atoms with E-state index in [0.29, 0.717) is 5.75 Å². The second-order valence-electron chi connectivity index (χ2n) is 5.17. The van der Waals surface area contributed by atoms with Gasteiger partial charge in [0.2, 0.25) is 5.91 Å². The molecule has 0 spiro atoms. The zero-order valence-electron chi connectivity index (χ0n) is 12.6. The van der Waals surface area contributed by atoms with Gasteiger partial charge in [0.05, 0.1) is 5.75 Å². The second-order valence-corrected chi connectivity index (χ2v) is 6.11. The fraction of sp³-hybridized carbons (Fsp3) is 0.400. The first-order valence-corrected chi connectivity index (χ1v) is 8.26. The molecule has 6 nitrogen and oxygen atoms in total. The Morgan fingerprint density at radius 2 is 2.00 bits per heavy atom. The highest BCUT2D eigenvalue weighted by Crippen LogP contribution is 2.17. The van der Waals surface area contributed by atoms with Gasteiger partial charge >= 0.3 is 0 Å². The molecule has 0 bridgehead atoms. The van der Waals surface area contributed by atoms with Gasteiger partial charge < -0.3 is 14.4 Å². The summed E-state index contributed by atoms with van der Waals surface area (Å²) in [4.78, 5) is 25.0. The van der Waals surface area contributed by atoms with Gasteiger partial charge in [0, 0.05) is 51.8 Å². The molecule has 3 rings (SSSR count). The number of carbonyl (C=O) groups is 1. The Morgan fingerprint density at radius 3 is 2.64 bits per heavy atom. The molecular weight excluding hydrogens is 298 g/mol. The molecule has 1 fully saturated rings. The van der Waals surface area contributed by atoms with Crippen LogP contribution in [0.3, 0.4) is 0 Å². The van der Waals surface area contributed by atoms with Gasteiger partial charge in [-0.25, -0.2) is 9.97 Å². The van der Waals surface area contributed by atoms with Gasteiger partial charge in [-0.1, -0.05) is 17.8 Å². The van der Waals surface area contributed by atoms with Crippen molar-refractivity contribution in [3.05, 3.63) is 36.8 Å². The van der Waals surface area contributed by atoms with Crippen LogP contribution < -0.4 is 4.90 Å². The van der Waals surface area contributed by atoms with E-state index in [-0.39, 0.29) is 5.91 Å². The normalized spacial score (nSPS) is 15.1. The predicted octanol–water partition coefficient (Wildman–Crippen LogP) is 1.26. The van der Waals surface area contributed by atoms with E-state index in [4.69, 9.17) is 0 Å². The fourth-order valence-electron chi connectivity index (χ4n) is 2.43. The van der Waals surface area contributed by atoms with E-state index in [1.807, 2.05) is 40.9 Å². The highest BCUT2D eigenvalue weighted by molar-refractivity contribution is 7.99. The van der Waals surface area contributed by atoms with Gasteiger partial charge in [-0.15, -0.1) is 0 Å². The number of rotatable bonds is 4. The first-order valence-electron chi connectivity index (χ1n) is 7.28. The number of hydrogen-bond donors (Lipinski definition) is 0.